The number of nitrogens with one attached hydrogen (secondary N) is 2. The highest BCUT2D eigenvalue weighted by atomic mass is 16.7. The Morgan fingerprint density at radius 3 is 3.12 bits per heavy atom. The fourth-order valence-corrected chi connectivity index (χ4v) is 2.35. The minimum absolute atomic E-state index is 0.0464. The maximum absolute atomic E-state index is 5.68. The van der Waals surface area contributed by atoms with Crippen LogP contribution >= 0.6 is 0 Å². The third-order valence-electron chi connectivity index (χ3n) is 3.46. The maximum Gasteiger partial charge on any atom is 0.157 e. The molecule has 0 amide bonds. The van der Waals surface area contributed by atoms with E-state index >= 15 is 0 Å². The fraction of sp³-hybridized carbons (Fsp3) is 1.00. The topological polar surface area (TPSA) is 42.5 Å². The van der Waals surface area contributed by atoms with Gasteiger partial charge in [0.05, 0.1) is 6.61 Å². The average Bonchev–Trinajstić information content (AvgIpc) is 2.74. The van der Waals surface area contributed by atoms with Crippen LogP contribution in [0.2, 0.25) is 0 Å². The Balaban J connectivity index is 1.54. The number of hydrogen-bond acceptors (Lipinski definition) is 4. The Morgan fingerprint density at radius 1 is 1.50 bits per heavy atom. The van der Waals surface area contributed by atoms with Crippen LogP contribution in [0.1, 0.15) is 32.6 Å². The van der Waals surface area contributed by atoms with E-state index < -0.39 is 0 Å². The molecule has 0 aromatic carbocycles. The molecule has 2 aliphatic heterocycles. The summed E-state index contributed by atoms with van der Waals surface area (Å²) in [6, 6.07) is 0. The van der Waals surface area contributed by atoms with Crippen LogP contribution in [-0.2, 0) is 9.47 Å². The van der Waals surface area contributed by atoms with Gasteiger partial charge in [0.15, 0.2) is 6.29 Å². The van der Waals surface area contributed by atoms with Gasteiger partial charge in [-0.05, 0) is 39.2 Å². The molecule has 0 radical (unpaired) electrons. The summed E-state index contributed by atoms with van der Waals surface area (Å²) in [5, 5.41) is 6.93. The fourth-order valence-electron chi connectivity index (χ4n) is 2.35. The van der Waals surface area contributed by atoms with Gasteiger partial charge in [0.25, 0.3) is 0 Å². The van der Waals surface area contributed by atoms with Gasteiger partial charge in [-0.3, -0.25) is 0 Å². The van der Waals surface area contributed by atoms with Crippen LogP contribution in [0.25, 0.3) is 0 Å². The van der Waals surface area contributed by atoms with E-state index in [0.717, 1.165) is 39.3 Å². The first-order valence-corrected chi connectivity index (χ1v) is 6.47. The molecule has 0 aromatic rings. The SMILES string of the molecule is CC1(NCCOC2CCCCO2)CCNC1. The molecule has 0 bridgehead atoms. The zero-order chi connectivity index (χ0) is 11.3. The molecule has 2 atom stereocenters. The summed E-state index contributed by atoms with van der Waals surface area (Å²) in [6.45, 7) is 6.98. The molecule has 2 heterocycles. The third kappa shape index (κ3) is 3.70. The Labute approximate surface area is 98.1 Å². The van der Waals surface area contributed by atoms with Crippen LogP contribution in [0.4, 0.5) is 0 Å². The van der Waals surface area contributed by atoms with E-state index in [9.17, 15) is 0 Å². The van der Waals surface area contributed by atoms with Crippen molar-refractivity contribution in [1.82, 2.24) is 10.6 Å². The largest absolute Gasteiger partial charge is 0.353 e. The van der Waals surface area contributed by atoms with Crippen molar-refractivity contribution in [2.24, 2.45) is 0 Å². The first kappa shape index (κ1) is 12.3. The summed E-state index contributed by atoms with van der Waals surface area (Å²) in [7, 11) is 0. The van der Waals surface area contributed by atoms with Gasteiger partial charge < -0.3 is 20.1 Å². The molecule has 0 saturated carbocycles. The molecule has 2 saturated heterocycles. The van der Waals surface area contributed by atoms with Crippen molar-refractivity contribution in [1.29, 1.82) is 0 Å². The lowest BCUT2D eigenvalue weighted by atomic mass is 10.0. The van der Waals surface area contributed by atoms with Crippen LogP contribution < -0.4 is 10.6 Å². The molecular weight excluding hydrogens is 204 g/mol. The normalized spacial score (nSPS) is 35.4. The highest BCUT2D eigenvalue weighted by molar-refractivity contribution is 4.91. The first-order chi connectivity index (χ1) is 7.79. The zero-order valence-corrected chi connectivity index (χ0v) is 10.3. The van der Waals surface area contributed by atoms with Gasteiger partial charge in [0.1, 0.15) is 0 Å². The quantitative estimate of drug-likeness (QED) is 0.685. The van der Waals surface area contributed by atoms with Crippen molar-refractivity contribution in [2.75, 3.05) is 32.8 Å². The highest BCUT2D eigenvalue weighted by Gasteiger charge is 2.27. The Morgan fingerprint density at radius 2 is 2.44 bits per heavy atom. The summed E-state index contributed by atoms with van der Waals surface area (Å²) in [5.41, 5.74) is 0.261. The second-order valence-corrected chi connectivity index (χ2v) is 5.08. The molecule has 0 aliphatic carbocycles. The highest BCUT2D eigenvalue weighted by Crippen LogP contribution is 2.14. The van der Waals surface area contributed by atoms with Crippen LogP contribution in [0, 0.1) is 0 Å². The second-order valence-electron chi connectivity index (χ2n) is 5.08. The molecule has 4 nitrogen and oxygen atoms in total. The lowest BCUT2D eigenvalue weighted by molar-refractivity contribution is -0.161. The predicted octanol–water partition coefficient (Wildman–Crippen LogP) is 0.871. The third-order valence-corrected chi connectivity index (χ3v) is 3.46. The molecule has 2 N–H and O–H groups in total. The Kier molecular flexibility index (Phi) is 4.58. The minimum atomic E-state index is 0.0464. The predicted molar refractivity (Wildman–Crippen MR) is 63.4 cm³/mol. The van der Waals surface area contributed by atoms with E-state index in [2.05, 4.69) is 17.6 Å². The molecule has 0 spiro atoms. The molecule has 2 fully saturated rings. The second kappa shape index (κ2) is 5.96. The molecule has 2 rings (SSSR count). The number of ether oxygens (including phenoxy) is 2. The molecule has 4 heteroatoms. The van der Waals surface area contributed by atoms with E-state index in [1.54, 1.807) is 0 Å². The summed E-state index contributed by atoms with van der Waals surface area (Å²) >= 11 is 0. The smallest absolute Gasteiger partial charge is 0.157 e. The maximum atomic E-state index is 5.68. The van der Waals surface area contributed by atoms with Crippen molar-refractivity contribution in [3.63, 3.8) is 0 Å². The van der Waals surface area contributed by atoms with Crippen molar-refractivity contribution >= 4 is 0 Å². The molecule has 16 heavy (non-hydrogen) atoms. The van der Waals surface area contributed by atoms with Gasteiger partial charge in [-0.25, -0.2) is 0 Å². The molecule has 94 valence electrons. The average molecular weight is 228 g/mol. The number of rotatable bonds is 5. The van der Waals surface area contributed by atoms with Crippen LogP contribution in [0.5, 0.6) is 0 Å². The molecular formula is C12H24N2O2. The summed E-state index contributed by atoms with van der Waals surface area (Å²) in [4.78, 5) is 0. The standard InChI is InChI=1S/C12H24N2O2/c1-12(5-6-13-10-12)14-7-9-16-11-4-2-3-8-15-11/h11,13-14H,2-10H2,1H3. The van der Waals surface area contributed by atoms with Crippen LogP contribution in [0.3, 0.4) is 0 Å². The summed E-state index contributed by atoms with van der Waals surface area (Å²) < 4.78 is 11.2. The van der Waals surface area contributed by atoms with E-state index in [0.29, 0.717) is 0 Å². The lowest BCUT2D eigenvalue weighted by Crippen LogP contribution is -2.45. The van der Waals surface area contributed by atoms with Crippen molar-refractivity contribution < 1.29 is 9.47 Å². The van der Waals surface area contributed by atoms with Gasteiger partial charge in [0, 0.05) is 25.2 Å². The van der Waals surface area contributed by atoms with Crippen LogP contribution in [-0.4, -0.2) is 44.7 Å². The minimum Gasteiger partial charge on any atom is -0.353 e. The zero-order valence-electron chi connectivity index (χ0n) is 10.3. The molecule has 2 aliphatic rings. The summed E-state index contributed by atoms with van der Waals surface area (Å²) in [5.74, 6) is 0. The van der Waals surface area contributed by atoms with E-state index in [1.165, 1.54) is 19.3 Å². The monoisotopic (exact) mass is 228 g/mol. The summed E-state index contributed by atoms with van der Waals surface area (Å²) in [6.07, 6.45) is 4.72. The van der Waals surface area contributed by atoms with Gasteiger partial charge in [-0.1, -0.05) is 0 Å². The Hall–Kier alpha value is -0.160. The van der Waals surface area contributed by atoms with Gasteiger partial charge in [-0.15, -0.1) is 0 Å². The molecule has 0 aromatic heterocycles. The van der Waals surface area contributed by atoms with Gasteiger partial charge >= 0.3 is 0 Å². The molecule has 2 unspecified atom stereocenters. The van der Waals surface area contributed by atoms with Crippen molar-refractivity contribution in [2.45, 2.75) is 44.4 Å². The van der Waals surface area contributed by atoms with Gasteiger partial charge in [-0.2, -0.15) is 0 Å². The van der Waals surface area contributed by atoms with E-state index in [-0.39, 0.29) is 11.8 Å². The number of hydrogen-bond donors (Lipinski definition) is 2. The lowest BCUT2D eigenvalue weighted by Gasteiger charge is -2.26. The van der Waals surface area contributed by atoms with Gasteiger partial charge in [0.2, 0.25) is 0 Å². The van der Waals surface area contributed by atoms with Crippen molar-refractivity contribution in [3.8, 4) is 0 Å². The van der Waals surface area contributed by atoms with Crippen LogP contribution in [0.15, 0.2) is 0 Å². The Bertz CT molecular complexity index is 199. The van der Waals surface area contributed by atoms with Crippen molar-refractivity contribution in [3.05, 3.63) is 0 Å². The van der Waals surface area contributed by atoms with E-state index in [1.807, 2.05) is 0 Å². The van der Waals surface area contributed by atoms with E-state index in [4.69, 9.17) is 9.47 Å². The first-order valence-electron chi connectivity index (χ1n) is 6.47.